The minimum Gasteiger partial charge on any atom is -0.319 e. The minimum atomic E-state index is -0.493. The first-order valence-electron chi connectivity index (χ1n) is 7.90. The van der Waals surface area contributed by atoms with Crippen LogP contribution in [-0.4, -0.2) is 11.3 Å². The first kappa shape index (κ1) is 14.0. The maximum Gasteiger partial charge on any atom is 0.155 e. The second-order valence-electron chi connectivity index (χ2n) is 6.78. The van der Waals surface area contributed by atoms with E-state index in [9.17, 15) is 4.79 Å². The molecule has 0 aliphatic heterocycles. The number of rotatable bonds is 3. The van der Waals surface area contributed by atoms with Gasteiger partial charge in [-0.2, -0.15) is 0 Å². The van der Waals surface area contributed by atoms with Gasteiger partial charge in [0.25, 0.3) is 0 Å². The summed E-state index contributed by atoms with van der Waals surface area (Å²) in [7, 11) is 0. The molecule has 2 rings (SSSR count). The Hall–Kier alpha value is -0.370. The first-order chi connectivity index (χ1) is 8.57. The predicted octanol–water partition coefficient (Wildman–Crippen LogP) is 3.68. The third kappa shape index (κ3) is 2.79. The van der Waals surface area contributed by atoms with Crippen molar-refractivity contribution in [2.45, 2.75) is 77.2 Å². The van der Waals surface area contributed by atoms with Crippen molar-refractivity contribution in [3.05, 3.63) is 0 Å². The lowest BCUT2D eigenvalue weighted by molar-refractivity contribution is -0.132. The van der Waals surface area contributed by atoms with E-state index in [2.05, 4.69) is 13.8 Å². The molecule has 0 amide bonds. The van der Waals surface area contributed by atoms with E-state index < -0.39 is 5.54 Å². The average molecular weight is 251 g/mol. The summed E-state index contributed by atoms with van der Waals surface area (Å²) in [6, 6.07) is 0. The Morgan fingerprint density at radius 1 is 1.22 bits per heavy atom. The van der Waals surface area contributed by atoms with Crippen molar-refractivity contribution in [2.75, 3.05) is 0 Å². The summed E-state index contributed by atoms with van der Waals surface area (Å²) in [5.74, 6) is 1.89. The van der Waals surface area contributed by atoms with Crippen LogP contribution in [0, 0.1) is 17.8 Å². The summed E-state index contributed by atoms with van der Waals surface area (Å²) >= 11 is 0. The van der Waals surface area contributed by atoms with Gasteiger partial charge in [0.15, 0.2) is 5.78 Å². The van der Waals surface area contributed by atoms with Crippen LogP contribution in [0.4, 0.5) is 0 Å². The van der Waals surface area contributed by atoms with Gasteiger partial charge in [-0.05, 0) is 37.5 Å². The average Bonchev–Trinajstić information content (AvgIpc) is 2.37. The molecule has 2 heteroatoms. The lowest BCUT2D eigenvalue weighted by Crippen LogP contribution is -2.54. The fourth-order valence-corrected chi connectivity index (χ4v) is 4.23. The van der Waals surface area contributed by atoms with Gasteiger partial charge in [-0.15, -0.1) is 0 Å². The molecule has 0 bridgehead atoms. The highest BCUT2D eigenvalue weighted by molar-refractivity contribution is 5.90. The Bertz CT molecular complexity index is 301. The van der Waals surface area contributed by atoms with Crippen LogP contribution in [0.3, 0.4) is 0 Å². The van der Waals surface area contributed by atoms with Crippen molar-refractivity contribution in [1.29, 1.82) is 0 Å². The minimum absolute atomic E-state index is 0.263. The molecule has 2 fully saturated rings. The highest BCUT2D eigenvalue weighted by Crippen LogP contribution is 2.39. The van der Waals surface area contributed by atoms with Crippen LogP contribution in [0.5, 0.6) is 0 Å². The van der Waals surface area contributed by atoms with E-state index in [1.54, 1.807) is 0 Å². The molecule has 4 unspecified atom stereocenters. The van der Waals surface area contributed by atoms with Gasteiger partial charge in [0.05, 0.1) is 5.54 Å². The molecule has 0 aromatic carbocycles. The van der Waals surface area contributed by atoms with Gasteiger partial charge in [-0.25, -0.2) is 0 Å². The zero-order valence-electron chi connectivity index (χ0n) is 12.1. The lowest BCUT2D eigenvalue weighted by Gasteiger charge is -2.41. The highest BCUT2D eigenvalue weighted by Gasteiger charge is 2.43. The van der Waals surface area contributed by atoms with E-state index >= 15 is 0 Å². The standard InChI is InChI=1S/C16H29NO/c1-3-13-8-4-5-9-14(13)15(18)16(17)10-6-7-12(2)11-16/h12-14H,3-11,17H2,1-2H3. The number of carbonyl (C=O) groups is 1. The van der Waals surface area contributed by atoms with Crippen LogP contribution < -0.4 is 5.73 Å². The van der Waals surface area contributed by atoms with E-state index in [0.29, 0.717) is 17.6 Å². The van der Waals surface area contributed by atoms with Gasteiger partial charge in [0, 0.05) is 5.92 Å². The summed E-state index contributed by atoms with van der Waals surface area (Å²) in [6.45, 7) is 4.47. The third-order valence-electron chi connectivity index (χ3n) is 5.29. The van der Waals surface area contributed by atoms with Gasteiger partial charge in [-0.1, -0.05) is 46.0 Å². The smallest absolute Gasteiger partial charge is 0.155 e. The van der Waals surface area contributed by atoms with Gasteiger partial charge in [0.2, 0.25) is 0 Å². The molecular weight excluding hydrogens is 222 g/mol. The molecule has 2 saturated carbocycles. The molecule has 0 aromatic heterocycles. The molecule has 0 radical (unpaired) electrons. The molecule has 2 aliphatic carbocycles. The maximum atomic E-state index is 12.9. The van der Waals surface area contributed by atoms with Crippen LogP contribution in [0.2, 0.25) is 0 Å². The molecule has 2 aliphatic rings. The lowest BCUT2D eigenvalue weighted by atomic mass is 9.66. The molecule has 18 heavy (non-hydrogen) atoms. The summed E-state index contributed by atoms with van der Waals surface area (Å²) in [4.78, 5) is 12.9. The van der Waals surface area contributed by atoms with Crippen LogP contribution >= 0.6 is 0 Å². The first-order valence-corrected chi connectivity index (χ1v) is 7.90. The third-order valence-corrected chi connectivity index (χ3v) is 5.29. The zero-order chi connectivity index (χ0) is 13.2. The number of Topliss-reactive ketones (excluding diaryl/α,β-unsaturated/α-hetero) is 1. The van der Waals surface area contributed by atoms with E-state index in [4.69, 9.17) is 5.73 Å². The fourth-order valence-electron chi connectivity index (χ4n) is 4.23. The van der Waals surface area contributed by atoms with Crippen LogP contribution in [-0.2, 0) is 4.79 Å². The molecule has 104 valence electrons. The number of ketones is 1. The maximum absolute atomic E-state index is 12.9. The van der Waals surface area contributed by atoms with Crippen LogP contribution in [0.1, 0.15) is 71.6 Å². The molecule has 0 saturated heterocycles. The highest BCUT2D eigenvalue weighted by atomic mass is 16.1. The van der Waals surface area contributed by atoms with E-state index in [0.717, 1.165) is 32.1 Å². The second-order valence-corrected chi connectivity index (χ2v) is 6.78. The van der Waals surface area contributed by atoms with Crippen molar-refractivity contribution in [3.63, 3.8) is 0 Å². The Morgan fingerprint density at radius 2 is 1.94 bits per heavy atom. The van der Waals surface area contributed by atoms with Crippen molar-refractivity contribution in [2.24, 2.45) is 23.5 Å². The van der Waals surface area contributed by atoms with Crippen molar-refractivity contribution >= 4 is 5.78 Å². The number of hydrogen-bond donors (Lipinski definition) is 1. The number of nitrogens with two attached hydrogens (primary N) is 1. The largest absolute Gasteiger partial charge is 0.319 e. The Kier molecular flexibility index (Phi) is 4.47. The molecule has 0 aromatic rings. The number of hydrogen-bond acceptors (Lipinski definition) is 2. The summed E-state index contributed by atoms with van der Waals surface area (Å²) in [6.07, 6.45) is 10.2. The quantitative estimate of drug-likeness (QED) is 0.831. The molecular formula is C16H29NO. The molecule has 2 N–H and O–H groups in total. The summed E-state index contributed by atoms with van der Waals surface area (Å²) in [5, 5.41) is 0. The summed E-state index contributed by atoms with van der Waals surface area (Å²) < 4.78 is 0. The number of carbonyl (C=O) groups excluding carboxylic acids is 1. The van der Waals surface area contributed by atoms with E-state index in [1.807, 2.05) is 0 Å². The summed E-state index contributed by atoms with van der Waals surface area (Å²) in [5.41, 5.74) is 6.00. The molecule has 4 atom stereocenters. The van der Waals surface area contributed by atoms with Gasteiger partial charge in [-0.3, -0.25) is 4.79 Å². The Morgan fingerprint density at radius 3 is 2.61 bits per heavy atom. The molecule has 0 spiro atoms. The Balaban J connectivity index is 2.08. The SMILES string of the molecule is CCC1CCCCC1C(=O)C1(N)CCCC(C)C1. The van der Waals surface area contributed by atoms with E-state index in [1.165, 1.54) is 25.7 Å². The van der Waals surface area contributed by atoms with Gasteiger partial charge in [0.1, 0.15) is 0 Å². The van der Waals surface area contributed by atoms with Gasteiger partial charge >= 0.3 is 0 Å². The molecule has 2 nitrogen and oxygen atoms in total. The van der Waals surface area contributed by atoms with Crippen molar-refractivity contribution in [1.82, 2.24) is 0 Å². The van der Waals surface area contributed by atoms with Crippen molar-refractivity contribution in [3.8, 4) is 0 Å². The normalized spacial score (nSPS) is 41.6. The van der Waals surface area contributed by atoms with Gasteiger partial charge < -0.3 is 5.73 Å². The van der Waals surface area contributed by atoms with E-state index in [-0.39, 0.29) is 5.92 Å². The van der Waals surface area contributed by atoms with Crippen molar-refractivity contribution < 1.29 is 4.79 Å². The fraction of sp³-hybridized carbons (Fsp3) is 0.938. The monoisotopic (exact) mass is 251 g/mol. The zero-order valence-corrected chi connectivity index (χ0v) is 12.1. The topological polar surface area (TPSA) is 43.1 Å². The molecule has 0 heterocycles. The predicted molar refractivity (Wildman–Crippen MR) is 75.3 cm³/mol. The second kappa shape index (κ2) is 5.73. The van der Waals surface area contributed by atoms with Crippen LogP contribution in [0.25, 0.3) is 0 Å². The Labute approximate surface area is 112 Å². The van der Waals surface area contributed by atoms with Crippen LogP contribution in [0.15, 0.2) is 0 Å².